The number of rotatable bonds is 10. The number of aromatic nitrogens is 1. The van der Waals surface area contributed by atoms with Crippen LogP contribution in [0.25, 0.3) is 0 Å². The number of nitrogens with zero attached hydrogens (tertiary/aromatic N) is 1. The molecule has 35 heavy (non-hydrogen) atoms. The second kappa shape index (κ2) is 12.2. The standard InChI is InChI=1S/C25H37N5O4S/c1-25(2,3)34-24(31)27-15-16-29-35(32,33)21-9-10-22(30-20-7-5-4-6-8-20)23(17-21)28-18-19-11-13-26-14-12-19/h9-14,17,20,28-30H,4-8,15-16,18H2,1-3H3,(H,27,31). The van der Waals surface area contributed by atoms with Gasteiger partial charge in [-0.1, -0.05) is 19.3 Å². The van der Waals surface area contributed by atoms with Gasteiger partial charge in [-0.25, -0.2) is 17.9 Å². The summed E-state index contributed by atoms with van der Waals surface area (Å²) in [5, 5.41) is 9.53. The summed E-state index contributed by atoms with van der Waals surface area (Å²) in [6.45, 7) is 6.00. The molecular weight excluding hydrogens is 466 g/mol. The largest absolute Gasteiger partial charge is 0.444 e. The number of sulfonamides is 1. The van der Waals surface area contributed by atoms with Crippen LogP contribution in [0.15, 0.2) is 47.6 Å². The average Bonchev–Trinajstić information content (AvgIpc) is 2.81. The molecule has 0 unspecified atom stereocenters. The Morgan fingerprint density at radius 3 is 2.43 bits per heavy atom. The van der Waals surface area contributed by atoms with Crippen molar-refractivity contribution in [1.82, 2.24) is 15.0 Å². The highest BCUT2D eigenvalue weighted by Crippen LogP contribution is 2.29. The highest BCUT2D eigenvalue weighted by molar-refractivity contribution is 7.89. The molecule has 0 saturated heterocycles. The first-order valence-electron chi connectivity index (χ1n) is 12.1. The predicted octanol–water partition coefficient (Wildman–Crippen LogP) is 4.24. The zero-order valence-electron chi connectivity index (χ0n) is 20.8. The van der Waals surface area contributed by atoms with Crippen molar-refractivity contribution in [3.05, 3.63) is 48.3 Å². The summed E-state index contributed by atoms with van der Waals surface area (Å²) >= 11 is 0. The van der Waals surface area contributed by atoms with E-state index in [9.17, 15) is 13.2 Å². The van der Waals surface area contributed by atoms with E-state index in [1.165, 1.54) is 19.3 Å². The molecule has 1 heterocycles. The van der Waals surface area contributed by atoms with Gasteiger partial charge in [0, 0.05) is 38.1 Å². The van der Waals surface area contributed by atoms with E-state index in [2.05, 4.69) is 25.7 Å². The first kappa shape index (κ1) is 26.7. The molecule has 0 aliphatic heterocycles. The number of amides is 1. The van der Waals surface area contributed by atoms with Crippen LogP contribution in [-0.2, 0) is 21.3 Å². The highest BCUT2D eigenvalue weighted by Gasteiger charge is 2.19. The van der Waals surface area contributed by atoms with E-state index < -0.39 is 21.7 Å². The van der Waals surface area contributed by atoms with Crippen molar-refractivity contribution in [1.29, 1.82) is 0 Å². The molecule has 10 heteroatoms. The van der Waals surface area contributed by atoms with Gasteiger partial charge in [0.1, 0.15) is 5.60 Å². The molecule has 1 amide bonds. The van der Waals surface area contributed by atoms with Crippen LogP contribution in [0.5, 0.6) is 0 Å². The second-order valence-corrected chi connectivity index (χ2v) is 11.5. The van der Waals surface area contributed by atoms with E-state index in [0.29, 0.717) is 12.6 Å². The first-order chi connectivity index (χ1) is 16.6. The zero-order valence-corrected chi connectivity index (χ0v) is 21.6. The lowest BCUT2D eigenvalue weighted by Crippen LogP contribution is -2.37. The number of carbonyl (C=O) groups is 1. The Morgan fingerprint density at radius 1 is 1.03 bits per heavy atom. The molecule has 3 rings (SSSR count). The minimum atomic E-state index is -3.77. The summed E-state index contributed by atoms with van der Waals surface area (Å²) in [6.07, 6.45) is 8.75. The summed E-state index contributed by atoms with van der Waals surface area (Å²) in [5.74, 6) is 0. The van der Waals surface area contributed by atoms with Crippen LogP contribution in [-0.4, -0.2) is 44.2 Å². The number of hydrogen-bond donors (Lipinski definition) is 4. The Labute approximate surface area is 208 Å². The van der Waals surface area contributed by atoms with Crippen molar-refractivity contribution < 1.29 is 17.9 Å². The second-order valence-electron chi connectivity index (χ2n) is 9.72. The topological polar surface area (TPSA) is 121 Å². The van der Waals surface area contributed by atoms with Gasteiger partial charge in [-0.3, -0.25) is 4.98 Å². The van der Waals surface area contributed by atoms with Crippen molar-refractivity contribution in [3.63, 3.8) is 0 Å². The number of anilines is 2. The van der Waals surface area contributed by atoms with Gasteiger partial charge in [0.25, 0.3) is 0 Å². The van der Waals surface area contributed by atoms with E-state index in [0.717, 1.165) is 29.8 Å². The maximum absolute atomic E-state index is 12.9. The van der Waals surface area contributed by atoms with Crippen LogP contribution in [0.2, 0.25) is 0 Å². The lowest BCUT2D eigenvalue weighted by molar-refractivity contribution is 0.0529. The van der Waals surface area contributed by atoms with E-state index in [-0.39, 0.29) is 18.0 Å². The van der Waals surface area contributed by atoms with Crippen LogP contribution in [0.4, 0.5) is 16.2 Å². The van der Waals surface area contributed by atoms with Gasteiger partial charge < -0.3 is 20.7 Å². The molecule has 1 aromatic carbocycles. The molecule has 9 nitrogen and oxygen atoms in total. The summed E-state index contributed by atoms with van der Waals surface area (Å²) in [7, 11) is -3.77. The van der Waals surface area contributed by atoms with Crippen LogP contribution >= 0.6 is 0 Å². The van der Waals surface area contributed by atoms with Gasteiger partial charge in [0.15, 0.2) is 0 Å². The smallest absolute Gasteiger partial charge is 0.407 e. The van der Waals surface area contributed by atoms with Crippen LogP contribution in [0, 0.1) is 0 Å². The summed E-state index contributed by atoms with van der Waals surface area (Å²) in [6, 6.07) is 9.28. The third-order valence-corrected chi connectivity index (χ3v) is 7.04. The average molecular weight is 504 g/mol. The normalized spacial score (nSPS) is 14.8. The lowest BCUT2D eigenvalue weighted by atomic mass is 9.95. The number of carbonyl (C=O) groups excluding carboxylic acids is 1. The number of hydrogen-bond acceptors (Lipinski definition) is 7. The quantitative estimate of drug-likeness (QED) is 0.358. The fourth-order valence-corrected chi connectivity index (χ4v) is 4.93. The van der Waals surface area contributed by atoms with E-state index >= 15 is 0 Å². The molecule has 2 aromatic rings. The fraction of sp³-hybridized carbons (Fsp3) is 0.520. The third-order valence-electron chi connectivity index (χ3n) is 5.58. The minimum absolute atomic E-state index is 0.0451. The number of benzene rings is 1. The van der Waals surface area contributed by atoms with Crippen LogP contribution in [0.3, 0.4) is 0 Å². The lowest BCUT2D eigenvalue weighted by Gasteiger charge is -2.25. The van der Waals surface area contributed by atoms with Crippen LogP contribution < -0.4 is 20.7 Å². The van der Waals surface area contributed by atoms with Crippen molar-refractivity contribution in [2.24, 2.45) is 0 Å². The molecule has 0 bridgehead atoms. The van der Waals surface area contributed by atoms with Gasteiger partial charge in [-0.15, -0.1) is 0 Å². The maximum atomic E-state index is 12.9. The molecule has 192 valence electrons. The molecule has 1 aliphatic rings. The van der Waals surface area contributed by atoms with Crippen molar-refractivity contribution >= 4 is 27.5 Å². The Morgan fingerprint density at radius 2 is 1.74 bits per heavy atom. The summed E-state index contributed by atoms with van der Waals surface area (Å²) < 4.78 is 33.5. The molecule has 1 saturated carbocycles. The molecule has 1 aromatic heterocycles. The molecule has 0 spiro atoms. The Hall–Kier alpha value is -2.85. The number of alkyl carbamates (subject to hydrolysis) is 1. The van der Waals surface area contributed by atoms with E-state index in [1.807, 2.05) is 18.2 Å². The van der Waals surface area contributed by atoms with Crippen LogP contribution in [0.1, 0.15) is 58.4 Å². The van der Waals surface area contributed by atoms with Gasteiger partial charge in [-0.2, -0.15) is 0 Å². The number of nitrogens with one attached hydrogen (secondary N) is 4. The monoisotopic (exact) mass is 503 g/mol. The molecular formula is C25H37N5O4S. The van der Waals surface area contributed by atoms with E-state index in [1.54, 1.807) is 45.3 Å². The highest BCUT2D eigenvalue weighted by atomic mass is 32.2. The predicted molar refractivity (Wildman–Crippen MR) is 138 cm³/mol. The molecule has 0 atom stereocenters. The summed E-state index contributed by atoms with van der Waals surface area (Å²) in [5.41, 5.74) is 2.04. The third kappa shape index (κ3) is 9.03. The van der Waals surface area contributed by atoms with E-state index in [4.69, 9.17) is 4.74 Å². The van der Waals surface area contributed by atoms with Gasteiger partial charge in [0.05, 0.1) is 16.3 Å². The van der Waals surface area contributed by atoms with Crippen molar-refractivity contribution in [2.45, 2.75) is 76.0 Å². The maximum Gasteiger partial charge on any atom is 0.407 e. The fourth-order valence-electron chi connectivity index (χ4n) is 3.87. The summed E-state index contributed by atoms with van der Waals surface area (Å²) in [4.78, 5) is 16.0. The first-order valence-corrected chi connectivity index (χ1v) is 13.6. The van der Waals surface area contributed by atoms with Crippen molar-refractivity contribution in [3.8, 4) is 0 Å². The molecule has 1 fully saturated rings. The Bertz CT molecular complexity index is 1070. The van der Waals surface area contributed by atoms with Gasteiger partial charge >= 0.3 is 6.09 Å². The van der Waals surface area contributed by atoms with Gasteiger partial charge in [0.2, 0.25) is 10.0 Å². The molecule has 0 radical (unpaired) electrons. The van der Waals surface area contributed by atoms with Crippen molar-refractivity contribution in [2.75, 3.05) is 23.7 Å². The minimum Gasteiger partial charge on any atom is -0.444 e. The molecule has 1 aliphatic carbocycles. The SMILES string of the molecule is CC(C)(C)OC(=O)NCCNS(=O)(=O)c1ccc(NC2CCCCC2)c(NCc2ccncc2)c1. The molecule has 4 N–H and O–H groups in total. The Kier molecular flexibility index (Phi) is 9.33. The number of ether oxygens (including phenoxy) is 1. The number of pyridine rings is 1. The van der Waals surface area contributed by atoms with Gasteiger partial charge in [-0.05, 0) is 69.5 Å². The zero-order chi connectivity index (χ0) is 25.3. The Balaban J connectivity index is 1.67.